The quantitative estimate of drug-likeness (QED) is 0.444. The van der Waals surface area contributed by atoms with Gasteiger partial charge in [0.2, 0.25) is 0 Å². The van der Waals surface area contributed by atoms with E-state index in [-0.39, 0.29) is 30.1 Å². The molecule has 0 aliphatic carbocycles. The summed E-state index contributed by atoms with van der Waals surface area (Å²) < 4.78 is 24.2. The minimum Gasteiger partial charge on any atom is -0.486 e. The third-order valence-corrected chi connectivity index (χ3v) is 4.62. The maximum absolute atomic E-state index is 13.0. The Morgan fingerprint density at radius 3 is 2.03 bits per heavy atom. The molecule has 1 N–H and O–H groups in total. The Balaban J connectivity index is 1.46. The van der Waals surface area contributed by atoms with E-state index < -0.39 is 0 Å². The molecule has 0 atom stereocenters. The average molecular weight is 401 g/mol. The van der Waals surface area contributed by atoms with Gasteiger partial charge in [-0.05, 0) is 47.5 Å². The molecule has 4 rings (SSSR count). The van der Waals surface area contributed by atoms with Crippen LogP contribution in [0.3, 0.4) is 0 Å². The van der Waals surface area contributed by atoms with Crippen LogP contribution in [0.4, 0.5) is 4.39 Å². The van der Waals surface area contributed by atoms with E-state index in [2.05, 4.69) is 5.32 Å². The fraction of sp³-hybridized carbons (Fsp3) is 0.0800. The predicted molar refractivity (Wildman–Crippen MR) is 112 cm³/mol. The second-order valence-electron chi connectivity index (χ2n) is 6.74. The lowest BCUT2D eigenvalue weighted by Crippen LogP contribution is -2.29. The van der Waals surface area contributed by atoms with Gasteiger partial charge in [-0.1, -0.05) is 60.7 Å². The molecule has 5 heteroatoms. The zero-order chi connectivity index (χ0) is 20.8. The van der Waals surface area contributed by atoms with Gasteiger partial charge in [0.25, 0.3) is 5.91 Å². The number of carbonyl (C=O) groups excluding carboxylic acids is 1. The van der Waals surface area contributed by atoms with Crippen LogP contribution in [-0.4, -0.2) is 5.91 Å². The number of furan rings is 1. The summed E-state index contributed by atoms with van der Waals surface area (Å²) >= 11 is 0. The van der Waals surface area contributed by atoms with Crippen molar-refractivity contribution in [2.75, 3.05) is 0 Å². The van der Waals surface area contributed by atoms with Gasteiger partial charge in [0.15, 0.2) is 5.76 Å². The molecule has 0 radical (unpaired) electrons. The highest BCUT2D eigenvalue weighted by Gasteiger charge is 2.19. The minimum absolute atomic E-state index is 0.139. The second-order valence-corrected chi connectivity index (χ2v) is 6.74. The molecule has 1 heterocycles. The molecule has 30 heavy (non-hydrogen) atoms. The number of ether oxygens (including phenoxy) is 1. The minimum atomic E-state index is -0.328. The van der Waals surface area contributed by atoms with Crippen molar-refractivity contribution in [3.05, 3.63) is 126 Å². The van der Waals surface area contributed by atoms with Crippen molar-refractivity contribution >= 4 is 5.91 Å². The molecule has 0 spiro atoms. The van der Waals surface area contributed by atoms with Crippen LogP contribution in [0.15, 0.2) is 101 Å². The lowest BCUT2D eigenvalue weighted by molar-refractivity contribution is 0.0911. The van der Waals surface area contributed by atoms with E-state index in [4.69, 9.17) is 9.15 Å². The Bertz CT molecular complexity index is 1050. The van der Waals surface area contributed by atoms with Gasteiger partial charge in [0.05, 0.1) is 6.04 Å². The van der Waals surface area contributed by atoms with Crippen molar-refractivity contribution in [2.24, 2.45) is 0 Å². The standard InChI is InChI=1S/C25H20FNO3/c26-20-11-13-21(14-12-20)29-17-22-15-16-23(30-22)25(28)27-24(18-7-3-1-4-8-18)19-9-5-2-6-10-19/h1-16,24H,17H2,(H,27,28). The number of amides is 1. The molecule has 0 unspecified atom stereocenters. The summed E-state index contributed by atoms with van der Waals surface area (Å²) in [5.74, 6) is 0.573. The lowest BCUT2D eigenvalue weighted by atomic mass is 9.98. The van der Waals surface area contributed by atoms with Crippen LogP contribution in [0.1, 0.15) is 33.5 Å². The van der Waals surface area contributed by atoms with Gasteiger partial charge in [-0.2, -0.15) is 0 Å². The highest BCUT2D eigenvalue weighted by Crippen LogP contribution is 2.23. The molecule has 0 aliphatic rings. The Hall–Kier alpha value is -3.86. The van der Waals surface area contributed by atoms with E-state index in [1.807, 2.05) is 60.7 Å². The van der Waals surface area contributed by atoms with Crippen LogP contribution < -0.4 is 10.1 Å². The summed E-state index contributed by atoms with van der Waals surface area (Å²) in [6.07, 6.45) is 0. The Morgan fingerprint density at radius 1 is 0.833 bits per heavy atom. The molecular weight excluding hydrogens is 381 g/mol. The fourth-order valence-electron chi connectivity index (χ4n) is 3.12. The maximum Gasteiger partial charge on any atom is 0.287 e. The number of hydrogen-bond acceptors (Lipinski definition) is 3. The van der Waals surface area contributed by atoms with Crippen LogP contribution in [0.5, 0.6) is 5.75 Å². The Labute approximate surface area is 173 Å². The van der Waals surface area contributed by atoms with Crippen molar-refractivity contribution < 1.29 is 18.3 Å². The van der Waals surface area contributed by atoms with E-state index in [0.29, 0.717) is 11.5 Å². The van der Waals surface area contributed by atoms with Crippen molar-refractivity contribution in [3.8, 4) is 5.75 Å². The van der Waals surface area contributed by atoms with E-state index in [1.165, 1.54) is 24.3 Å². The monoisotopic (exact) mass is 401 g/mol. The van der Waals surface area contributed by atoms with Crippen molar-refractivity contribution in [2.45, 2.75) is 12.6 Å². The molecule has 1 amide bonds. The topological polar surface area (TPSA) is 51.5 Å². The number of rotatable bonds is 7. The van der Waals surface area contributed by atoms with E-state index in [9.17, 15) is 9.18 Å². The largest absolute Gasteiger partial charge is 0.486 e. The molecule has 0 saturated carbocycles. The number of benzene rings is 3. The number of halogens is 1. The molecule has 3 aromatic carbocycles. The van der Waals surface area contributed by atoms with Crippen molar-refractivity contribution in [1.82, 2.24) is 5.32 Å². The fourth-order valence-corrected chi connectivity index (χ4v) is 3.12. The van der Waals surface area contributed by atoms with Crippen molar-refractivity contribution in [3.63, 3.8) is 0 Å². The number of carbonyl (C=O) groups is 1. The summed E-state index contributed by atoms with van der Waals surface area (Å²) in [5.41, 5.74) is 1.95. The van der Waals surface area contributed by atoms with Crippen LogP contribution in [0.2, 0.25) is 0 Å². The average Bonchev–Trinajstić information content (AvgIpc) is 3.27. The first-order chi connectivity index (χ1) is 14.7. The molecule has 0 bridgehead atoms. The molecular formula is C25H20FNO3. The molecule has 4 aromatic rings. The first kappa shape index (κ1) is 19.5. The molecule has 1 aromatic heterocycles. The van der Waals surface area contributed by atoms with Crippen LogP contribution in [-0.2, 0) is 6.61 Å². The van der Waals surface area contributed by atoms with Crippen LogP contribution >= 0.6 is 0 Å². The molecule has 0 saturated heterocycles. The Morgan fingerprint density at radius 2 is 1.43 bits per heavy atom. The zero-order valence-corrected chi connectivity index (χ0v) is 16.1. The predicted octanol–water partition coefficient (Wildman–Crippen LogP) is 5.52. The van der Waals surface area contributed by atoms with Gasteiger partial charge >= 0.3 is 0 Å². The van der Waals surface area contributed by atoms with Gasteiger partial charge < -0.3 is 14.5 Å². The first-order valence-corrected chi connectivity index (χ1v) is 9.57. The summed E-state index contributed by atoms with van der Waals surface area (Å²) in [5, 5.41) is 3.04. The normalized spacial score (nSPS) is 10.7. The first-order valence-electron chi connectivity index (χ1n) is 9.57. The smallest absolute Gasteiger partial charge is 0.287 e. The van der Waals surface area contributed by atoms with Crippen molar-refractivity contribution in [1.29, 1.82) is 0 Å². The zero-order valence-electron chi connectivity index (χ0n) is 16.1. The summed E-state index contributed by atoms with van der Waals surface area (Å²) in [6, 6.07) is 28.3. The van der Waals surface area contributed by atoms with Gasteiger partial charge in [-0.15, -0.1) is 0 Å². The van der Waals surface area contributed by atoms with Crippen LogP contribution in [0, 0.1) is 5.82 Å². The Kier molecular flexibility index (Phi) is 5.90. The third-order valence-electron chi connectivity index (χ3n) is 4.62. The highest BCUT2D eigenvalue weighted by atomic mass is 19.1. The molecule has 150 valence electrons. The molecule has 0 fully saturated rings. The van der Waals surface area contributed by atoms with Crippen LogP contribution in [0.25, 0.3) is 0 Å². The second kappa shape index (κ2) is 9.09. The molecule has 0 aliphatic heterocycles. The van der Waals surface area contributed by atoms with E-state index in [0.717, 1.165) is 11.1 Å². The third kappa shape index (κ3) is 4.75. The van der Waals surface area contributed by atoms with Gasteiger partial charge in [0.1, 0.15) is 23.9 Å². The van der Waals surface area contributed by atoms with Gasteiger partial charge in [-0.25, -0.2) is 4.39 Å². The van der Waals surface area contributed by atoms with Gasteiger partial charge in [0, 0.05) is 0 Å². The summed E-state index contributed by atoms with van der Waals surface area (Å²) in [6.45, 7) is 0.139. The maximum atomic E-state index is 13.0. The number of nitrogens with one attached hydrogen (secondary N) is 1. The van der Waals surface area contributed by atoms with E-state index >= 15 is 0 Å². The highest BCUT2D eigenvalue weighted by molar-refractivity contribution is 5.92. The summed E-state index contributed by atoms with van der Waals surface area (Å²) in [7, 11) is 0. The summed E-state index contributed by atoms with van der Waals surface area (Å²) in [4.78, 5) is 12.8. The van der Waals surface area contributed by atoms with Gasteiger partial charge in [-0.3, -0.25) is 4.79 Å². The lowest BCUT2D eigenvalue weighted by Gasteiger charge is -2.19. The molecule has 4 nitrogen and oxygen atoms in total. The van der Waals surface area contributed by atoms with E-state index in [1.54, 1.807) is 12.1 Å². The number of hydrogen-bond donors (Lipinski definition) is 1. The SMILES string of the molecule is O=C(NC(c1ccccc1)c1ccccc1)c1ccc(COc2ccc(F)cc2)o1.